The molecular weight excluding hydrogens is 258 g/mol. The fourth-order valence-corrected chi connectivity index (χ4v) is 2.36. The summed E-state index contributed by atoms with van der Waals surface area (Å²) in [5.41, 5.74) is 5.40. The highest BCUT2D eigenvalue weighted by Crippen LogP contribution is 2.22. The van der Waals surface area contributed by atoms with Crippen molar-refractivity contribution in [1.29, 1.82) is 0 Å². The molecule has 3 nitrogen and oxygen atoms in total. The number of nitrogens with one attached hydrogen (secondary N) is 1. The maximum atomic E-state index is 4.51. The molecule has 0 fully saturated rings. The van der Waals surface area contributed by atoms with Crippen molar-refractivity contribution >= 4 is 0 Å². The van der Waals surface area contributed by atoms with Gasteiger partial charge in [0.25, 0.3) is 0 Å². The predicted octanol–water partition coefficient (Wildman–Crippen LogP) is 3.65. The molecule has 0 bridgehead atoms. The lowest BCUT2D eigenvalue weighted by atomic mass is 9.87. The average Bonchev–Trinajstić information content (AvgIpc) is 2.77. The monoisotopic (exact) mass is 285 g/mol. The number of benzene rings is 1. The van der Waals surface area contributed by atoms with Crippen LogP contribution in [0.25, 0.3) is 0 Å². The molecule has 0 radical (unpaired) electrons. The van der Waals surface area contributed by atoms with E-state index in [-0.39, 0.29) is 5.41 Å². The van der Waals surface area contributed by atoms with Crippen molar-refractivity contribution in [3.63, 3.8) is 0 Å². The molecule has 114 valence electrons. The quantitative estimate of drug-likeness (QED) is 0.909. The zero-order chi connectivity index (χ0) is 15.5. The smallest absolute Gasteiger partial charge is 0.0662 e. The third-order valence-corrected chi connectivity index (χ3v) is 3.92. The first-order chi connectivity index (χ1) is 9.91. The Labute approximate surface area is 128 Å². The highest BCUT2D eigenvalue weighted by atomic mass is 15.3. The fraction of sp³-hybridized carbons (Fsp3) is 0.500. The third kappa shape index (κ3) is 3.94. The summed E-state index contributed by atoms with van der Waals surface area (Å²) in [5.74, 6) is 0. The molecule has 0 aliphatic heterocycles. The first kappa shape index (κ1) is 15.8. The maximum Gasteiger partial charge on any atom is 0.0662 e. The Hall–Kier alpha value is -1.61. The van der Waals surface area contributed by atoms with Gasteiger partial charge in [-0.2, -0.15) is 5.10 Å². The van der Waals surface area contributed by atoms with Gasteiger partial charge in [-0.05, 0) is 30.0 Å². The Bertz CT molecular complexity index is 574. The predicted molar refractivity (Wildman–Crippen MR) is 88.6 cm³/mol. The van der Waals surface area contributed by atoms with Gasteiger partial charge in [-0.3, -0.25) is 4.68 Å². The molecule has 2 aromatic rings. The molecule has 1 aromatic heterocycles. The minimum absolute atomic E-state index is 0.207. The number of hydrogen-bond donors (Lipinski definition) is 1. The summed E-state index contributed by atoms with van der Waals surface area (Å²) >= 11 is 0. The van der Waals surface area contributed by atoms with Crippen LogP contribution in [-0.2, 0) is 18.5 Å². The van der Waals surface area contributed by atoms with Crippen LogP contribution in [0.15, 0.2) is 30.5 Å². The van der Waals surface area contributed by atoms with E-state index in [1.54, 1.807) is 0 Å². The number of aromatic nitrogens is 2. The van der Waals surface area contributed by atoms with Gasteiger partial charge in [-0.25, -0.2) is 0 Å². The first-order valence-corrected chi connectivity index (χ1v) is 7.73. The van der Waals surface area contributed by atoms with Crippen molar-refractivity contribution in [2.75, 3.05) is 6.54 Å². The molecule has 0 saturated heterocycles. The van der Waals surface area contributed by atoms with Crippen LogP contribution in [0.4, 0.5) is 0 Å². The molecule has 0 unspecified atom stereocenters. The molecule has 1 N–H and O–H groups in total. The zero-order valence-electron chi connectivity index (χ0n) is 13.9. The van der Waals surface area contributed by atoms with Gasteiger partial charge in [0.15, 0.2) is 0 Å². The molecule has 0 amide bonds. The van der Waals surface area contributed by atoms with Crippen LogP contribution >= 0.6 is 0 Å². The molecule has 0 spiro atoms. The minimum atomic E-state index is 0.207. The second-order valence-electron chi connectivity index (χ2n) is 6.64. The summed E-state index contributed by atoms with van der Waals surface area (Å²) in [4.78, 5) is 0. The van der Waals surface area contributed by atoms with Gasteiger partial charge in [0.05, 0.1) is 12.7 Å². The summed E-state index contributed by atoms with van der Waals surface area (Å²) in [5, 5.41) is 7.87. The third-order valence-electron chi connectivity index (χ3n) is 3.92. The van der Waals surface area contributed by atoms with E-state index in [0.29, 0.717) is 0 Å². The van der Waals surface area contributed by atoms with Crippen LogP contribution in [0.2, 0.25) is 0 Å². The average molecular weight is 285 g/mol. The summed E-state index contributed by atoms with van der Waals surface area (Å²) in [6.45, 7) is 13.7. The molecular formula is C18H27N3. The zero-order valence-corrected chi connectivity index (χ0v) is 13.9. The highest BCUT2D eigenvalue weighted by Gasteiger charge is 2.13. The Balaban J connectivity index is 2.10. The number of rotatable bonds is 5. The number of nitrogens with zero attached hydrogens (tertiary/aromatic N) is 2. The number of hydrogen-bond acceptors (Lipinski definition) is 2. The summed E-state index contributed by atoms with van der Waals surface area (Å²) in [6, 6.07) is 8.89. The van der Waals surface area contributed by atoms with Crippen molar-refractivity contribution in [3.8, 4) is 0 Å². The Morgan fingerprint density at radius 3 is 2.38 bits per heavy atom. The van der Waals surface area contributed by atoms with E-state index < -0.39 is 0 Å². The SMILES string of the molecule is CCNCc1cnn(Cc2ccc(C(C)(C)C)cc2)c1C. The molecule has 0 aliphatic rings. The van der Waals surface area contributed by atoms with Crippen LogP contribution < -0.4 is 5.32 Å². The molecule has 1 heterocycles. The van der Waals surface area contributed by atoms with E-state index >= 15 is 0 Å². The van der Waals surface area contributed by atoms with Crippen molar-refractivity contribution < 1.29 is 0 Å². The van der Waals surface area contributed by atoms with Gasteiger partial charge in [0.1, 0.15) is 0 Å². The summed E-state index contributed by atoms with van der Waals surface area (Å²) < 4.78 is 2.08. The minimum Gasteiger partial charge on any atom is -0.313 e. The highest BCUT2D eigenvalue weighted by molar-refractivity contribution is 5.28. The van der Waals surface area contributed by atoms with Gasteiger partial charge >= 0.3 is 0 Å². The molecule has 2 rings (SSSR count). The van der Waals surface area contributed by atoms with Gasteiger partial charge in [-0.1, -0.05) is 52.0 Å². The second kappa shape index (κ2) is 6.44. The van der Waals surface area contributed by atoms with E-state index in [0.717, 1.165) is 19.6 Å². The van der Waals surface area contributed by atoms with Crippen LogP contribution in [0, 0.1) is 6.92 Å². The van der Waals surface area contributed by atoms with Crippen LogP contribution in [-0.4, -0.2) is 16.3 Å². The molecule has 1 aromatic carbocycles. The topological polar surface area (TPSA) is 29.9 Å². The second-order valence-corrected chi connectivity index (χ2v) is 6.64. The molecule has 21 heavy (non-hydrogen) atoms. The van der Waals surface area contributed by atoms with Crippen LogP contribution in [0.1, 0.15) is 50.1 Å². The Kier molecular flexibility index (Phi) is 4.84. The standard InChI is InChI=1S/C18H27N3/c1-6-19-11-16-12-20-21(14(16)2)13-15-7-9-17(10-8-15)18(3,4)5/h7-10,12,19H,6,11,13H2,1-5H3. The van der Waals surface area contributed by atoms with Gasteiger partial charge in [-0.15, -0.1) is 0 Å². The lowest BCUT2D eigenvalue weighted by Crippen LogP contribution is -2.13. The van der Waals surface area contributed by atoms with Crippen molar-refractivity contribution in [1.82, 2.24) is 15.1 Å². The summed E-state index contributed by atoms with van der Waals surface area (Å²) in [6.07, 6.45) is 1.97. The van der Waals surface area contributed by atoms with E-state index in [9.17, 15) is 0 Å². The van der Waals surface area contributed by atoms with Crippen molar-refractivity contribution in [3.05, 3.63) is 52.8 Å². The fourth-order valence-electron chi connectivity index (χ4n) is 2.36. The molecule has 0 aliphatic carbocycles. The molecule has 3 heteroatoms. The van der Waals surface area contributed by atoms with E-state index in [4.69, 9.17) is 0 Å². The van der Waals surface area contributed by atoms with Crippen molar-refractivity contribution in [2.45, 2.75) is 53.1 Å². The largest absolute Gasteiger partial charge is 0.313 e. The van der Waals surface area contributed by atoms with Crippen LogP contribution in [0.5, 0.6) is 0 Å². The van der Waals surface area contributed by atoms with Crippen LogP contribution in [0.3, 0.4) is 0 Å². The van der Waals surface area contributed by atoms with E-state index in [1.165, 1.54) is 22.4 Å². The van der Waals surface area contributed by atoms with E-state index in [1.807, 2.05) is 6.20 Å². The van der Waals surface area contributed by atoms with Crippen molar-refractivity contribution in [2.24, 2.45) is 0 Å². The molecule has 0 saturated carbocycles. The molecule has 0 atom stereocenters. The van der Waals surface area contributed by atoms with Gasteiger partial charge < -0.3 is 5.32 Å². The maximum absolute atomic E-state index is 4.51. The lowest BCUT2D eigenvalue weighted by Gasteiger charge is -2.19. The Morgan fingerprint density at radius 2 is 1.81 bits per heavy atom. The van der Waals surface area contributed by atoms with E-state index in [2.05, 4.69) is 74.0 Å². The Morgan fingerprint density at radius 1 is 1.14 bits per heavy atom. The van der Waals surface area contributed by atoms with Gasteiger partial charge in [0.2, 0.25) is 0 Å². The van der Waals surface area contributed by atoms with Gasteiger partial charge in [0, 0.05) is 17.8 Å². The normalized spacial score (nSPS) is 11.9. The summed E-state index contributed by atoms with van der Waals surface area (Å²) in [7, 11) is 0. The lowest BCUT2D eigenvalue weighted by molar-refractivity contribution is 0.589. The first-order valence-electron chi connectivity index (χ1n) is 7.73.